The van der Waals surface area contributed by atoms with Crippen LogP contribution in [0.5, 0.6) is 28.7 Å². The molecule has 0 aromatic heterocycles. The van der Waals surface area contributed by atoms with Crippen LogP contribution in [0.2, 0.25) is 0 Å². The van der Waals surface area contributed by atoms with Crippen LogP contribution in [0.3, 0.4) is 0 Å². The average molecular weight is 567 g/mol. The minimum absolute atomic E-state index is 0.00312. The smallest absolute Gasteiger partial charge is 0.342 e. The summed E-state index contributed by atoms with van der Waals surface area (Å²) in [6.07, 6.45) is -9.09. The van der Waals surface area contributed by atoms with Crippen molar-refractivity contribution in [1.82, 2.24) is 0 Å². The summed E-state index contributed by atoms with van der Waals surface area (Å²) in [4.78, 5) is 26.1. The first-order chi connectivity index (χ1) is 19.5. The second-order valence-electron chi connectivity index (χ2n) is 10.2. The molecule has 12 nitrogen and oxygen atoms in total. The normalized spacial score (nSPS) is 27.2. The standard InChI is InChI=1S/C29H26O12/c1-11-19-9-21-23(24(11)33)18(32)8-20(39-21)13-3-5-16(30)14(7-13)12-2-4-17(31)15(6-12)28(37)38-10-22-25(34)26(35)27(36)29(40-19)41-22/h2-7,9,20,22,25-27,29-31,33-36H,8,10H2,1H3/t20-,22-,25-,26-,27+,29+/m0/s1. The average Bonchev–Trinajstić information content (AvgIpc) is 2.95. The summed E-state index contributed by atoms with van der Waals surface area (Å²) >= 11 is 0. The Morgan fingerprint density at radius 1 is 0.805 bits per heavy atom. The van der Waals surface area contributed by atoms with Crippen LogP contribution in [0.25, 0.3) is 11.1 Å². The van der Waals surface area contributed by atoms with Crippen molar-refractivity contribution in [3.05, 3.63) is 64.7 Å². The Labute approximate surface area is 232 Å². The number of Topliss-reactive ketones (excluding diaryl/α,β-unsaturated/α-hetero) is 1. The van der Waals surface area contributed by atoms with Gasteiger partial charge in [0.1, 0.15) is 77.0 Å². The molecule has 12 heteroatoms. The molecular weight excluding hydrogens is 540 g/mol. The molecule has 9 bridgehead atoms. The zero-order valence-corrected chi connectivity index (χ0v) is 21.6. The molecule has 0 radical (unpaired) electrons. The number of ketones is 1. The number of ether oxygens (including phenoxy) is 4. The predicted octanol–water partition coefficient (Wildman–Crippen LogP) is 1.84. The first kappa shape index (κ1) is 26.8. The highest BCUT2D eigenvalue weighted by Crippen LogP contribution is 2.46. The summed E-state index contributed by atoms with van der Waals surface area (Å²) in [6, 6.07) is 9.94. The molecule has 6 rings (SSSR count). The molecule has 3 aliphatic rings. The fourth-order valence-corrected chi connectivity index (χ4v) is 5.22. The fourth-order valence-electron chi connectivity index (χ4n) is 5.22. The topological polar surface area (TPSA) is 192 Å². The van der Waals surface area contributed by atoms with Crippen molar-refractivity contribution in [3.8, 4) is 39.9 Å². The van der Waals surface area contributed by atoms with E-state index >= 15 is 0 Å². The molecule has 0 amide bonds. The van der Waals surface area contributed by atoms with Crippen molar-refractivity contribution in [1.29, 1.82) is 0 Å². The van der Waals surface area contributed by atoms with Gasteiger partial charge in [-0.15, -0.1) is 0 Å². The van der Waals surface area contributed by atoms with E-state index in [2.05, 4.69) is 0 Å². The highest BCUT2D eigenvalue weighted by Gasteiger charge is 2.46. The number of aliphatic hydroxyl groups excluding tert-OH is 3. The summed E-state index contributed by atoms with van der Waals surface area (Å²) in [5.74, 6) is -2.37. The van der Waals surface area contributed by atoms with Crippen LogP contribution in [0.15, 0.2) is 42.5 Å². The lowest BCUT2D eigenvalue weighted by atomic mass is 9.92. The third kappa shape index (κ3) is 4.50. The number of carbonyl (C=O) groups excluding carboxylic acids is 2. The highest BCUT2D eigenvalue weighted by atomic mass is 16.7. The molecular formula is C29H26O12. The number of benzene rings is 3. The fraction of sp³-hybridized carbons (Fsp3) is 0.310. The lowest BCUT2D eigenvalue weighted by molar-refractivity contribution is -0.277. The van der Waals surface area contributed by atoms with Gasteiger partial charge in [-0.25, -0.2) is 4.79 Å². The van der Waals surface area contributed by atoms with Crippen molar-refractivity contribution >= 4 is 11.8 Å². The Balaban J connectivity index is 1.51. The predicted molar refractivity (Wildman–Crippen MR) is 138 cm³/mol. The number of phenolic OH excluding ortho intramolecular Hbond substituents is 3. The van der Waals surface area contributed by atoms with Crippen LogP contribution < -0.4 is 9.47 Å². The van der Waals surface area contributed by atoms with Gasteiger partial charge in [-0.1, -0.05) is 12.1 Å². The summed E-state index contributed by atoms with van der Waals surface area (Å²) in [5, 5.41) is 63.4. The molecule has 6 atom stereocenters. The van der Waals surface area contributed by atoms with Crippen LogP contribution in [0, 0.1) is 6.92 Å². The van der Waals surface area contributed by atoms with Gasteiger partial charge in [0.15, 0.2) is 5.78 Å². The monoisotopic (exact) mass is 566 g/mol. The number of cyclic esters (lactones) is 1. The van der Waals surface area contributed by atoms with Gasteiger partial charge < -0.3 is 49.6 Å². The Morgan fingerprint density at radius 3 is 2.32 bits per heavy atom. The molecule has 3 aromatic rings. The molecule has 0 spiro atoms. The van der Waals surface area contributed by atoms with E-state index in [4.69, 9.17) is 18.9 Å². The van der Waals surface area contributed by atoms with Crippen LogP contribution >= 0.6 is 0 Å². The van der Waals surface area contributed by atoms with E-state index in [1.807, 2.05) is 0 Å². The van der Waals surface area contributed by atoms with Crippen molar-refractivity contribution in [3.63, 3.8) is 0 Å². The van der Waals surface area contributed by atoms with Crippen molar-refractivity contribution < 1.29 is 59.2 Å². The molecule has 3 aliphatic heterocycles. The van der Waals surface area contributed by atoms with Gasteiger partial charge in [0, 0.05) is 17.2 Å². The number of hydrogen-bond donors (Lipinski definition) is 6. The lowest BCUT2D eigenvalue weighted by Gasteiger charge is -2.40. The molecule has 214 valence electrons. The van der Waals surface area contributed by atoms with E-state index < -0.39 is 66.7 Å². The van der Waals surface area contributed by atoms with Gasteiger partial charge in [-0.05, 0) is 42.3 Å². The number of phenols is 3. The molecule has 1 fully saturated rings. The SMILES string of the molecule is Cc1c2cc3c(c1O)C(=O)C[C@H](O3)c1ccc(O)c(c1)-c1ccc(O)c(c1)C(=O)OC[C@@H]1O[C@@H](O2)[C@H](O)[C@@H](O)[C@H]1O. The van der Waals surface area contributed by atoms with Crippen molar-refractivity contribution in [2.45, 2.75) is 50.2 Å². The summed E-state index contributed by atoms with van der Waals surface area (Å²) in [7, 11) is 0. The van der Waals surface area contributed by atoms with Crippen molar-refractivity contribution in [2.75, 3.05) is 6.61 Å². The molecule has 1 saturated heterocycles. The zero-order chi connectivity index (χ0) is 29.2. The van der Waals surface area contributed by atoms with Gasteiger partial charge in [0.2, 0.25) is 6.29 Å². The van der Waals surface area contributed by atoms with E-state index in [1.54, 1.807) is 12.1 Å². The highest BCUT2D eigenvalue weighted by molar-refractivity contribution is 6.03. The van der Waals surface area contributed by atoms with E-state index in [-0.39, 0.29) is 45.9 Å². The van der Waals surface area contributed by atoms with Gasteiger partial charge in [-0.3, -0.25) is 4.79 Å². The summed E-state index contributed by atoms with van der Waals surface area (Å²) in [6.45, 7) is 0.879. The zero-order valence-electron chi connectivity index (χ0n) is 21.6. The minimum atomic E-state index is -1.76. The first-order valence-corrected chi connectivity index (χ1v) is 12.8. The van der Waals surface area contributed by atoms with Gasteiger partial charge in [0.05, 0.1) is 6.42 Å². The van der Waals surface area contributed by atoms with E-state index in [0.717, 1.165) is 0 Å². The number of esters is 1. The molecule has 0 aliphatic carbocycles. The van der Waals surface area contributed by atoms with Crippen molar-refractivity contribution in [2.24, 2.45) is 0 Å². The lowest BCUT2D eigenvalue weighted by Crippen LogP contribution is -2.60. The molecule has 3 aromatic carbocycles. The Kier molecular flexibility index (Phi) is 6.50. The molecule has 41 heavy (non-hydrogen) atoms. The number of aliphatic hydroxyl groups is 3. The quantitative estimate of drug-likeness (QED) is 0.217. The Hall–Kier alpha value is -4.36. The summed E-state index contributed by atoms with van der Waals surface area (Å²) < 4.78 is 22.8. The van der Waals surface area contributed by atoms with Gasteiger partial charge in [0.25, 0.3) is 0 Å². The molecule has 0 unspecified atom stereocenters. The second kappa shape index (κ2) is 9.93. The number of rotatable bonds is 0. The van der Waals surface area contributed by atoms with E-state index in [0.29, 0.717) is 11.1 Å². The van der Waals surface area contributed by atoms with E-state index in [1.165, 1.54) is 37.3 Å². The van der Waals surface area contributed by atoms with Crippen LogP contribution in [0.4, 0.5) is 0 Å². The maximum Gasteiger partial charge on any atom is 0.342 e. The van der Waals surface area contributed by atoms with Crippen LogP contribution in [-0.2, 0) is 9.47 Å². The molecule has 6 N–H and O–H groups in total. The summed E-state index contributed by atoms with van der Waals surface area (Å²) in [5.41, 5.74) is 0.961. The maximum atomic E-state index is 13.2. The van der Waals surface area contributed by atoms with Gasteiger partial charge in [-0.2, -0.15) is 0 Å². The molecule has 0 saturated carbocycles. The largest absolute Gasteiger partial charge is 0.507 e. The third-order valence-corrected chi connectivity index (χ3v) is 7.60. The number of fused-ring (bicyclic) bond motifs is 10. The van der Waals surface area contributed by atoms with Crippen LogP contribution in [0.1, 0.15) is 44.4 Å². The van der Waals surface area contributed by atoms with Gasteiger partial charge >= 0.3 is 5.97 Å². The third-order valence-electron chi connectivity index (χ3n) is 7.60. The Bertz CT molecular complexity index is 1570. The maximum absolute atomic E-state index is 13.2. The van der Waals surface area contributed by atoms with Crippen LogP contribution in [-0.4, -0.2) is 79.7 Å². The minimum Gasteiger partial charge on any atom is -0.507 e. The first-order valence-electron chi connectivity index (χ1n) is 12.8. The number of hydrogen-bond acceptors (Lipinski definition) is 12. The number of aromatic hydroxyl groups is 3. The van der Waals surface area contributed by atoms with E-state index in [9.17, 15) is 40.2 Å². The second-order valence-corrected chi connectivity index (χ2v) is 10.2. The Morgan fingerprint density at radius 2 is 1.54 bits per heavy atom. The number of carbonyl (C=O) groups is 2. The molecule has 3 heterocycles.